The zero-order valence-electron chi connectivity index (χ0n) is 19.2. The molecule has 1 aromatic rings. The smallest absolute Gasteiger partial charge is 0.321 e. The van der Waals surface area contributed by atoms with Crippen LogP contribution < -0.4 is 9.47 Å². The molecule has 0 saturated carbocycles. The van der Waals surface area contributed by atoms with Gasteiger partial charge in [0, 0.05) is 6.42 Å². The summed E-state index contributed by atoms with van der Waals surface area (Å²) in [6.07, 6.45) is 12.9. The number of benzene rings is 1. The number of ether oxygens (including phenoxy) is 2. The second-order valence-electron chi connectivity index (χ2n) is 8.33. The van der Waals surface area contributed by atoms with E-state index in [0.717, 1.165) is 37.4 Å². The number of unbranched alkanes of at least 4 members (excludes halogenated alkanes) is 9. The molecule has 0 aliphatic heterocycles. The lowest BCUT2D eigenvalue weighted by molar-refractivity contribution is -0.143. The van der Waals surface area contributed by atoms with E-state index in [2.05, 4.69) is 18.8 Å². The van der Waals surface area contributed by atoms with Crippen LogP contribution in [0.4, 0.5) is 0 Å². The highest BCUT2D eigenvalue weighted by atomic mass is 16.5. The highest BCUT2D eigenvalue weighted by molar-refractivity contribution is 5.77. The van der Waals surface area contributed by atoms with Gasteiger partial charge in [0.05, 0.1) is 13.2 Å². The molecule has 0 fully saturated rings. The fraction of sp³-hybridized carbons (Fsp3) is 0.654. The molecule has 0 aromatic heterocycles. The SMILES string of the molecule is CCCCCCCCCCOc1ccc(OCCCCC#CC(C)(C)C(=O)O)cc1. The minimum Gasteiger partial charge on any atom is -0.494 e. The molecule has 0 spiro atoms. The summed E-state index contributed by atoms with van der Waals surface area (Å²) in [5, 5.41) is 9.01. The lowest BCUT2D eigenvalue weighted by Crippen LogP contribution is -2.21. The summed E-state index contributed by atoms with van der Waals surface area (Å²) in [5.41, 5.74) is -0.978. The molecule has 1 rings (SSSR count). The van der Waals surface area contributed by atoms with Crippen molar-refractivity contribution in [2.45, 2.75) is 91.4 Å². The van der Waals surface area contributed by atoms with Crippen LogP contribution in [-0.2, 0) is 4.79 Å². The van der Waals surface area contributed by atoms with Crippen molar-refractivity contribution < 1.29 is 19.4 Å². The summed E-state index contributed by atoms with van der Waals surface area (Å²) in [7, 11) is 0. The third-order valence-electron chi connectivity index (χ3n) is 4.99. The number of hydrogen-bond acceptors (Lipinski definition) is 3. The Labute approximate surface area is 183 Å². The molecule has 1 N–H and O–H groups in total. The van der Waals surface area contributed by atoms with Gasteiger partial charge in [0.15, 0.2) is 0 Å². The third kappa shape index (κ3) is 12.4. The monoisotopic (exact) mass is 416 g/mol. The first-order valence-electron chi connectivity index (χ1n) is 11.5. The van der Waals surface area contributed by atoms with Gasteiger partial charge < -0.3 is 14.6 Å². The molecule has 0 atom stereocenters. The van der Waals surface area contributed by atoms with Crippen LogP contribution in [0.15, 0.2) is 24.3 Å². The van der Waals surface area contributed by atoms with E-state index in [9.17, 15) is 4.79 Å². The minimum atomic E-state index is -0.978. The Morgan fingerprint density at radius 2 is 1.30 bits per heavy atom. The summed E-state index contributed by atoms with van der Waals surface area (Å²) >= 11 is 0. The number of carbonyl (C=O) groups is 1. The van der Waals surface area contributed by atoms with Gasteiger partial charge in [-0.1, -0.05) is 57.8 Å². The maximum atomic E-state index is 11.0. The lowest BCUT2D eigenvalue weighted by atomic mass is 9.95. The minimum absolute atomic E-state index is 0.627. The van der Waals surface area contributed by atoms with Gasteiger partial charge in [-0.2, -0.15) is 0 Å². The highest BCUT2D eigenvalue weighted by Gasteiger charge is 2.23. The zero-order chi connectivity index (χ0) is 22.1. The molecule has 0 unspecified atom stereocenters. The van der Waals surface area contributed by atoms with Gasteiger partial charge in [0.1, 0.15) is 16.9 Å². The first-order valence-corrected chi connectivity index (χ1v) is 11.5. The number of hydrogen-bond donors (Lipinski definition) is 1. The maximum Gasteiger partial charge on any atom is 0.321 e. The molecule has 30 heavy (non-hydrogen) atoms. The Morgan fingerprint density at radius 3 is 1.80 bits per heavy atom. The Kier molecular flexibility index (Phi) is 13.5. The topological polar surface area (TPSA) is 55.8 Å². The second-order valence-corrected chi connectivity index (χ2v) is 8.33. The predicted molar refractivity (Wildman–Crippen MR) is 123 cm³/mol. The molecular weight excluding hydrogens is 376 g/mol. The molecule has 0 aliphatic carbocycles. The number of carboxylic acid groups (broad SMARTS) is 1. The number of rotatable bonds is 16. The second kappa shape index (κ2) is 15.7. The highest BCUT2D eigenvalue weighted by Crippen LogP contribution is 2.19. The third-order valence-corrected chi connectivity index (χ3v) is 4.99. The molecular formula is C26H40O4. The van der Waals surface area contributed by atoms with Gasteiger partial charge >= 0.3 is 5.97 Å². The van der Waals surface area contributed by atoms with Crippen molar-refractivity contribution in [3.8, 4) is 23.3 Å². The summed E-state index contributed by atoms with van der Waals surface area (Å²) < 4.78 is 11.6. The average Bonchev–Trinajstić information content (AvgIpc) is 2.72. The predicted octanol–water partition coefficient (Wildman–Crippen LogP) is 6.87. The van der Waals surface area contributed by atoms with Crippen molar-refractivity contribution in [3.63, 3.8) is 0 Å². The van der Waals surface area contributed by atoms with Crippen LogP contribution in [0.2, 0.25) is 0 Å². The first kappa shape index (κ1) is 25.9. The van der Waals surface area contributed by atoms with Gasteiger partial charge in [-0.3, -0.25) is 4.79 Å². The van der Waals surface area contributed by atoms with Gasteiger partial charge in [-0.25, -0.2) is 0 Å². The standard InChI is InChI=1S/C26H40O4/c1-4-5-6-7-8-9-11-14-21-29-23-16-18-24(19-17-23)30-22-15-12-10-13-20-26(2,3)25(27)28/h16-19H,4-12,14-15,21-22H2,1-3H3,(H,27,28). The van der Waals surface area contributed by atoms with Crippen molar-refractivity contribution in [1.82, 2.24) is 0 Å². The average molecular weight is 417 g/mol. The molecule has 0 amide bonds. The van der Waals surface area contributed by atoms with Crippen molar-refractivity contribution in [2.24, 2.45) is 5.41 Å². The maximum absolute atomic E-state index is 11.0. The Bertz CT molecular complexity index is 637. The largest absolute Gasteiger partial charge is 0.494 e. The van der Waals surface area contributed by atoms with Crippen LogP contribution in [0.1, 0.15) is 91.4 Å². The Balaban J connectivity index is 2.07. The van der Waals surface area contributed by atoms with Crippen molar-refractivity contribution in [3.05, 3.63) is 24.3 Å². The molecule has 4 nitrogen and oxygen atoms in total. The van der Waals surface area contributed by atoms with Crippen LogP contribution in [0.5, 0.6) is 11.5 Å². The summed E-state index contributed by atoms with van der Waals surface area (Å²) in [4.78, 5) is 11.0. The number of aliphatic carboxylic acids is 1. The van der Waals surface area contributed by atoms with Crippen LogP contribution in [-0.4, -0.2) is 24.3 Å². The van der Waals surface area contributed by atoms with Crippen LogP contribution in [0.25, 0.3) is 0 Å². The number of carboxylic acids is 1. The van der Waals surface area contributed by atoms with E-state index in [1.165, 1.54) is 44.9 Å². The molecule has 168 valence electrons. The Morgan fingerprint density at radius 1 is 0.833 bits per heavy atom. The fourth-order valence-electron chi connectivity index (χ4n) is 2.90. The van der Waals surface area contributed by atoms with Crippen molar-refractivity contribution in [1.29, 1.82) is 0 Å². The summed E-state index contributed by atoms with van der Waals surface area (Å²) in [6, 6.07) is 7.80. The van der Waals surface area contributed by atoms with E-state index in [4.69, 9.17) is 14.6 Å². The Hall–Kier alpha value is -2.15. The van der Waals surface area contributed by atoms with Gasteiger partial charge in [0.2, 0.25) is 0 Å². The lowest BCUT2D eigenvalue weighted by Gasteiger charge is -2.09. The quantitative estimate of drug-likeness (QED) is 0.236. The van der Waals surface area contributed by atoms with E-state index in [0.29, 0.717) is 13.0 Å². The van der Waals surface area contributed by atoms with E-state index >= 15 is 0 Å². The van der Waals surface area contributed by atoms with E-state index in [-0.39, 0.29) is 0 Å². The van der Waals surface area contributed by atoms with E-state index in [1.807, 2.05) is 24.3 Å². The van der Waals surface area contributed by atoms with Crippen molar-refractivity contribution >= 4 is 5.97 Å². The molecule has 0 saturated heterocycles. The van der Waals surface area contributed by atoms with Crippen molar-refractivity contribution in [2.75, 3.05) is 13.2 Å². The molecule has 0 radical (unpaired) electrons. The fourth-order valence-corrected chi connectivity index (χ4v) is 2.90. The van der Waals surface area contributed by atoms with Crippen LogP contribution >= 0.6 is 0 Å². The molecule has 0 bridgehead atoms. The summed E-state index contributed by atoms with van der Waals surface area (Å²) in [5.74, 6) is 6.61. The normalized spacial score (nSPS) is 10.9. The molecule has 4 heteroatoms. The molecule has 1 aromatic carbocycles. The molecule has 0 heterocycles. The van der Waals surface area contributed by atoms with E-state index < -0.39 is 11.4 Å². The summed E-state index contributed by atoms with van der Waals surface area (Å²) in [6.45, 7) is 6.89. The van der Waals surface area contributed by atoms with Gasteiger partial charge in [-0.05, 0) is 57.4 Å². The van der Waals surface area contributed by atoms with Gasteiger partial charge in [0.25, 0.3) is 0 Å². The van der Waals surface area contributed by atoms with Crippen LogP contribution in [0, 0.1) is 17.3 Å². The first-order chi connectivity index (χ1) is 14.5. The molecule has 0 aliphatic rings. The van der Waals surface area contributed by atoms with Crippen LogP contribution in [0.3, 0.4) is 0 Å². The van der Waals surface area contributed by atoms with E-state index in [1.54, 1.807) is 13.8 Å². The van der Waals surface area contributed by atoms with Gasteiger partial charge in [-0.15, -0.1) is 5.92 Å². The zero-order valence-corrected chi connectivity index (χ0v) is 19.2.